The summed E-state index contributed by atoms with van der Waals surface area (Å²) in [6, 6.07) is 6.70. The van der Waals surface area contributed by atoms with Crippen LogP contribution in [0.4, 0.5) is 0 Å². The van der Waals surface area contributed by atoms with Crippen molar-refractivity contribution < 1.29 is 0 Å². The van der Waals surface area contributed by atoms with E-state index >= 15 is 0 Å². The van der Waals surface area contributed by atoms with Crippen molar-refractivity contribution >= 4 is 6.08 Å². The summed E-state index contributed by atoms with van der Waals surface area (Å²) in [5, 5.41) is 0. The summed E-state index contributed by atoms with van der Waals surface area (Å²) in [6.45, 7) is 6.66. The molecule has 136 valence electrons. The van der Waals surface area contributed by atoms with E-state index in [1.54, 1.807) is 0 Å². The van der Waals surface area contributed by atoms with Gasteiger partial charge >= 0.3 is 0 Å². The lowest BCUT2D eigenvalue weighted by Crippen LogP contribution is -1.83. The summed E-state index contributed by atoms with van der Waals surface area (Å²) in [7, 11) is 0. The molecule has 1 aromatic carbocycles. The van der Waals surface area contributed by atoms with Crippen LogP contribution in [-0.2, 0) is 0 Å². The molecule has 0 heterocycles. The fourth-order valence-electron chi connectivity index (χ4n) is 3.25. The molecule has 0 spiro atoms. The first kappa shape index (κ1) is 21.0. The molecule has 0 unspecified atom stereocenters. The van der Waals surface area contributed by atoms with Crippen molar-refractivity contribution in [2.75, 3.05) is 0 Å². The monoisotopic (exact) mass is 328 g/mol. The van der Waals surface area contributed by atoms with Gasteiger partial charge < -0.3 is 0 Å². The van der Waals surface area contributed by atoms with E-state index in [4.69, 9.17) is 0 Å². The van der Waals surface area contributed by atoms with E-state index in [0.717, 1.165) is 0 Å². The maximum atomic E-state index is 2.36. The average molecular weight is 329 g/mol. The van der Waals surface area contributed by atoms with Crippen LogP contribution in [0.15, 0.2) is 24.3 Å². The van der Waals surface area contributed by atoms with Gasteiger partial charge in [0.25, 0.3) is 0 Å². The van der Waals surface area contributed by atoms with Gasteiger partial charge in [0.2, 0.25) is 0 Å². The Morgan fingerprint density at radius 3 is 1.83 bits per heavy atom. The largest absolute Gasteiger partial charge is 0.0839 e. The van der Waals surface area contributed by atoms with Crippen LogP contribution in [0.25, 0.3) is 6.08 Å². The number of rotatable bonds is 14. The van der Waals surface area contributed by atoms with Gasteiger partial charge in [-0.1, -0.05) is 113 Å². The van der Waals surface area contributed by atoms with Gasteiger partial charge in [0, 0.05) is 0 Å². The molecule has 0 nitrogen and oxygen atoms in total. The van der Waals surface area contributed by atoms with Crippen molar-refractivity contribution in [1.82, 2.24) is 0 Å². The molecule has 0 aliphatic rings. The molecule has 0 atom stereocenters. The molecule has 0 aliphatic carbocycles. The molecule has 0 aliphatic heterocycles. The van der Waals surface area contributed by atoms with Crippen LogP contribution in [-0.4, -0.2) is 0 Å². The highest BCUT2D eigenvalue weighted by atomic mass is 14.0. The number of hydrogen-bond donors (Lipinski definition) is 0. The number of unbranched alkanes of at least 4 members (excludes halogenated alkanes) is 12. The summed E-state index contributed by atoms with van der Waals surface area (Å²) < 4.78 is 0. The molecule has 0 fully saturated rings. The molecule has 24 heavy (non-hydrogen) atoms. The lowest BCUT2D eigenvalue weighted by molar-refractivity contribution is 0.545. The Hall–Kier alpha value is -1.04. The fourth-order valence-corrected chi connectivity index (χ4v) is 3.25. The van der Waals surface area contributed by atoms with E-state index in [9.17, 15) is 0 Å². The van der Waals surface area contributed by atoms with E-state index in [2.05, 4.69) is 51.1 Å². The molecule has 1 rings (SSSR count). The van der Waals surface area contributed by atoms with Crippen LogP contribution in [0.2, 0.25) is 0 Å². The van der Waals surface area contributed by atoms with Gasteiger partial charge in [-0.2, -0.15) is 0 Å². The zero-order valence-corrected chi connectivity index (χ0v) is 16.6. The lowest BCUT2D eigenvalue weighted by Gasteiger charge is -2.03. The quantitative estimate of drug-likeness (QED) is 0.301. The Morgan fingerprint density at radius 1 is 0.708 bits per heavy atom. The SMILES string of the molecule is CCCCCCCCCCCCCCC=Cc1cc(C)ccc1C. The number of hydrogen-bond acceptors (Lipinski definition) is 0. The molecular weight excluding hydrogens is 288 g/mol. The Morgan fingerprint density at radius 2 is 1.25 bits per heavy atom. The third-order valence-corrected chi connectivity index (χ3v) is 4.96. The lowest BCUT2D eigenvalue weighted by atomic mass is 10.0. The van der Waals surface area contributed by atoms with Gasteiger partial charge in [-0.05, 0) is 37.8 Å². The number of benzene rings is 1. The second-order valence-electron chi connectivity index (χ2n) is 7.44. The smallest absolute Gasteiger partial charge is 0.0228 e. The normalized spacial score (nSPS) is 11.5. The van der Waals surface area contributed by atoms with Gasteiger partial charge in [0.05, 0.1) is 0 Å². The van der Waals surface area contributed by atoms with Crippen molar-refractivity contribution in [2.24, 2.45) is 0 Å². The summed E-state index contributed by atoms with van der Waals surface area (Å²) >= 11 is 0. The predicted octanol–water partition coefficient (Wildman–Crippen LogP) is 8.41. The summed E-state index contributed by atoms with van der Waals surface area (Å²) in [6.07, 6.45) is 23.0. The van der Waals surface area contributed by atoms with Crippen molar-refractivity contribution in [3.63, 3.8) is 0 Å². The van der Waals surface area contributed by atoms with E-state index in [0.29, 0.717) is 0 Å². The van der Waals surface area contributed by atoms with Crippen LogP contribution in [0.1, 0.15) is 107 Å². The Labute approximate surface area is 151 Å². The third-order valence-electron chi connectivity index (χ3n) is 4.96. The zero-order chi connectivity index (χ0) is 17.5. The average Bonchev–Trinajstić information content (AvgIpc) is 2.58. The van der Waals surface area contributed by atoms with Crippen molar-refractivity contribution in [3.05, 3.63) is 41.0 Å². The molecule has 0 saturated carbocycles. The highest BCUT2D eigenvalue weighted by Crippen LogP contribution is 2.15. The van der Waals surface area contributed by atoms with Gasteiger partial charge in [-0.15, -0.1) is 0 Å². The molecule has 0 aromatic heterocycles. The second kappa shape index (κ2) is 14.3. The van der Waals surface area contributed by atoms with Crippen molar-refractivity contribution in [1.29, 1.82) is 0 Å². The van der Waals surface area contributed by atoms with E-state index in [1.807, 2.05) is 0 Å². The first-order valence-electron chi connectivity index (χ1n) is 10.5. The Balaban J connectivity index is 1.92. The molecule has 0 amide bonds. The zero-order valence-electron chi connectivity index (χ0n) is 16.6. The van der Waals surface area contributed by atoms with Crippen molar-refractivity contribution in [3.8, 4) is 0 Å². The Kier molecular flexibility index (Phi) is 12.5. The van der Waals surface area contributed by atoms with Crippen LogP contribution < -0.4 is 0 Å². The van der Waals surface area contributed by atoms with Gasteiger partial charge in [-0.25, -0.2) is 0 Å². The summed E-state index contributed by atoms with van der Waals surface area (Å²) in [5.74, 6) is 0. The molecule has 0 saturated heterocycles. The predicted molar refractivity (Wildman–Crippen MR) is 111 cm³/mol. The van der Waals surface area contributed by atoms with Crippen LogP contribution in [0.3, 0.4) is 0 Å². The third kappa shape index (κ3) is 10.7. The molecule has 1 aromatic rings. The first-order valence-corrected chi connectivity index (χ1v) is 10.5. The summed E-state index contributed by atoms with van der Waals surface area (Å²) in [4.78, 5) is 0. The maximum Gasteiger partial charge on any atom is -0.0228 e. The van der Waals surface area contributed by atoms with Gasteiger partial charge in [-0.3, -0.25) is 0 Å². The molecule has 0 N–H and O–H groups in total. The van der Waals surface area contributed by atoms with Crippen LogP contribution in [0, 0.1) is 13.8 Å². The summed E-state index contributed by atoms with van der Waals surface area (Å²) in [5.41, 5.74) is 4.12. The standard InChI is InChI=1S/C24H40/c1-4-5-6-7-8-9-10-11-12-13-14-15-16-17-18-24-21-22(2)19-20-23(24)3/h17-21H,4-16H2,1-3H3. The topological polar surface area (TPSA) is 0 Å². The first-order chi connectivity index (χ1) is 11.7. The molecule has 0 radical (unpaired) electrons. The number of aryl methyl sites for hydroxylation is 2. The van der Waals surface area contributed by atoms with Gasteiger partial charge in [0.1, 0.15) is 0 Å². The Bertz CT molecular complexity index is 441. The minimum absolute atomic E-state index is 1.23. The highest BCUT2D eigenvalue weighted by Gasteiger charge is 1.95. The van der Waals surface area contributed by atoms with Crippen LogP contribution in [0.5, 0.6) is 0 Å². The highest BCUT2D eigenvalue weighted by molar-refractivity contribution is 5.54. The van der Waals surface area contributed by atoms with E-state index < -0.39 is 0 Å². The maximum absolute atomic E-state index is 2.36. The molecular formula is C24H40. The van der Waals surface area contributed by atoms with E-state index in [-0.39, 0.29) is 0 Å². The van der Waals surface area contributed by atoms with E-state index in [1.165, 1.54) is 100 Å². The van der Waals surface area contributed by atoms with Crippen LogP contribution >= 0.6 is 0 Å². The molecule has 0 bridgehead atoms. The molecule has 0 heteroatoms. The minimum atomic E-state index is 1.23. The minimum Gasteiger partial charge on any atom is -0.0839 e. The van der Waals surface area contributed by atoms with Gasteiger partial charge in [0.15, 0.2) is 0 Å². The number of allylic oxidation sites excluding steroid dienone is 1. The fraction of sp³-hybridized carbons (Fsp3) is 0.667. The van der Waals surface area contributed by atoms with Crippen molar-refractivity contribution in [2.45, 2.75) is 104 Å². The second-order valence-corrected chi connectivity index (χ2v) is 7.44.